The van der Waals surface area contributed by atoms with Crippen LogP contribution in [-0.2, 0) is 0 Å². The van der Waals surface area contributed by atoms with E-state index in [0.29, 0.717) is 0 Å². The molecular formula is C11H13N5S. The molecular weight excluding hydrogens is 234 g/mol. The summed E-state index contributed by atoms with van der Waals surface area (Å²) in [6.45, 7) is 0. The lowest BCUT2D eigenvalue weighted by Gasteiger charge is -2.04. The van der Waals surface area contributed by atoms with Gasteiger partial charge in [0.05, 0.1) is 4.88 Å². The van der Waals surface area contributed by atoms with E-state index in [2.05, 4.69) is 15.3 Å². The molecule has 6 heteroatoms. The van der Waals surface area contributed by atoms with E-state index >= 15 is 0 Å². The molecule has 0 fully saturated rings. The largest absolute Gasteiger partial charge is 0.383 e. The zero-order chi connectivity index (χ0) is 12.1. The summed E-state index contributed by atoms with van der Waals surface area (Å²) in [4.78, 5) is 3.08. The van der Waals surface area contributed by atoms with Crippen LogP contribution in [0.5, 0.6) is 0 Å². The highest BCUT2D eigenvalue weighted by atomic mass is 32.1. The Balaban J connectivity index is 2.31. The van der Waals surface area contributed by atoms with Gasteiger partial charge in [-0.05, 0) is 17.5 Å². The first kappa shape index (κ1) is 11.5. The van der Waals surface area contributed by atoms with E-state index < -0.39 is 0 Å². The maximum atomic E-state index is 4.44. The molecule has 2 heterocycles. The predicted octanol–water partition coefficient (Wildman–Crippen LogP) is 1.67. The van der Waals surface area contributed by atoms with E-state index in [-0.39, 0.29) is 0 Å². The molecule has 2 rings (SSSR count). The molecule has 0 spiro atoms. The number of thiophene rings is 1. The summed E-state index contributed by atoms with van der Waals surface area (Å²) in [5.41, 5.74) is 0.883. The van der Waals surface area contributed by atoms with Crippen molar-refractivity contribution in [3.8, 4) is 0 Å². The molecule has 17 heavy (non-hydrogen) atoms. The first-order valence-electron chi connectivity index (χ1n) is 5.08. The average Bonchev–Trinajstić information content (AvgIpc) is 2.96. The molecule has 5 nitrogen and oxygen atoms in total. The molecule has 0 bridgehead atoms. The molecule has 0 aromatic carbocycles. The van der Waals surface area contributed by atoms with Crippen molar-refractivity contribution >= 4 is 17.0 Å². The Morgan fingerprint density at radius 3 is 2.76 bits per heavy atom. The van der Waals surface area contributed by atoms with Crippen LogP contribution < -0.4 is 0 Å². The summed E-state index contributed by atoms with van der Waals surface area (Å²) in [6, 6.07) is 4.04. The fourth-order valence-electron chi connectivity index (χ4n) is 1.18. The summed E-state index contributed by atoms with van der Waals surface area (Å²) < 4.78 is 1.59. The molecule has 0 aliphatic carbocycles. The number of hydrogen-bond acceptors (Lipinski definition) is 5. The van der Waals surface area contributed by atoms with Gasteiger partial charge < -0.3 is 4.90 Å². The highest BCUT2D eigenvalue weighted by Gasteiger charge is 2.01. The van der Waals surface area contributed by atoms with Crippen LogP contribution in [0.1, 0.15) is 4.88 Å². The van der Waals surface area contributed by atoms with Crippen molar-refractivity contribution in [1.82, 2.24) is 19.8 Å². The Hall–Kier alpha value is -1.95. The van der Waals surface area contributed by atoms with Gasteiger partial charge in [0.2, 0.25) is 0 Å². The SMILES string of the molecule is CN(C)/C=C/C(=N\n1cnnc1)c1cccs1. The maximum absolute atomic E-state index is 4.44. The number of hydrogen-bond donors (Lipinski definition) is 0. The minimum absolute atomic E-state index is 0.883. The minimum Gasteiger partial charge on any atom is -0.383 e. The van der Waals surface area contributed by atoms with E-state index in [1.165, 1.54) is 0 Å². The van der Waals surface area contributed by atoms with Crippen molar-refractivity contribution in [2.75, 3.05) is 14.1 Å². The third-order valence-corrected chi connectivity index (χ3v) is 2.83. The average molecular weight is 247 g/mol. The first-order chi connectivity index (χ1) is 8.25. The second-order valence-electron chi connectivity index (χ2n) is 3.58. The molecule has 0 aliphatic rings. The van der Waals surface area contributed by atoms with Crippen molar-refractivity contribution in [2.45, 2.75) is 0 Å². The van der Waals surface area contributed by atoms with Gasteiger partial charge >= 0.3 is 0 Å². The molecule has 0 saturated heterocycles. The lowest BCUT2D eigenvalue weighted by atomic mass is 10.3. The first-order valence-corrected chi connectivity index (χ1v) is 5.96. The van der Waals surface area contributed by atoms with Crippen LogP contribution >= 0.6 is 11.3 Å². The molecule has 2 aromatic rings. The molecule has 0 unspecified atom stereocenters. The second kappa shape index (κ2) is 5.40. The van der Waals surface area contributed by atoms with Gasteiger partial charge in [0.15, 0.2) is 0 Å². The highest BCUT2D eigenvalue weighted by molar-refractivity contribution is 7.12. The van der Waals surface area contributed by atoms with Crippen LogP contribution in [0.15, 0.2) is 47.5 Å². The highest BCUT2D eigenvalue weighted by Crippen LogP contribution is 2.11. The van der Waals surface area contributed by atoms with Crippen LogP contribution in [0.2, 0.25) is 0 Å². The maximum Gasteiger partial charge on any atom is 0.141 e. The van der Waals surface area contributed by atoms with Crippen molar-refractivity contribution in [2.24, 2.45) is 5.10 Å². The molecule has 0 saturated carbocycles. The predicted molar refractivity (Wildman–Crippen MR) is 69.1 cm³/mol. The van der Waals surface area contributed by atoms with Crippen LogP contribution in [-0.4, -0.2) is 39.6 Å². The third-order valence-electron chi connectivity index (χ3n) is 1.93. The summed E-state index contributed by atoms with van der Waals surface area (Å²) in [6.07, 6.45) is 7.06. The Labute approximate surface area is 104 Å². The van der Waals surface area contributed by atoms with Gasteiger partial charge in [0, 0.05) is 20.3 Å². The summed E-state index contributed by atoms with van der Waals surface area (Å²) >= 11 is 1.65. The normalized spacial score (nSPS) is 12.2. The van der Waals surface area contributed by atoms with Crippen LogP contribution in [0.3, 0.4) is 0 Å². The molecule has 88 valence electrons. The number of allylic oxidation sites excluding steroid dienone is 1. The van der Waals surface area contributed by atoms with Crippen LogP contribution in [0.4, 0.5) is 0 Å². The third kappa shape index (κ3) is 3.25. The quantitative estimate of drug-likeness (QED) is 0.772. The number of rotatable bonds is 4. The number of aromatic nitrogens is 3. The van der Waals surface area contributed by atoms with E-state index in [1.54, 1.807) is 28.7 Å². The Morgan fingerprint density at radius 1 is 1.41 bits per heavy atom. The van der Waals surface area contributed by atoms with Gasteiger partial charge in [0.1, 0.15) is 18.4 Å². The van der Waals surface area contributed by atoms with Gasteiger partial charge in [-0.1, -0.05) is 6.07 Å². The van der Waals surface area contributed by atoms with E-state index in [0.717, 1.165) is 10.6 Å². The molecule has 0 N–H and O–H groups in total. The summed E-state index contributed by atoms with van der Waals surface area (Å²) in [5.74, 6) is 0. The Morgan fingerprint density at radius 2 is 2.18 bits per heavy atom. The van der Waals surface area contributed by atoms with Gasteiger partial charge in [-0.3, -0.25) is 0 Å². The Kier molecular flexibility index (Phi) is 3.66. The van der Waals surface area contributed by atoms with E-state index in [9.17, 15) is 0 Å². The number of nitrogens with zero attached hydrogens (tertiary/aromatic N) is 5. The molecule has 0 atom stereocenters. The Bertz CT molecular complexity index is 496. The van der Waals surface area contributed by atoms with Crippen molar-refractivity contribution in [3.63, 3.8) is 0 Å². The zero-order valence-corrected chi connectivity index (χ0v) is 10.5. The second-order valence-corrected chi connectivity index (χ2v) is 4.53. The molecule has 0 aliphatic heterocycles. The van der Waals surface area contributed by atoms with E-state index in [1.807, 2.05) is 48.8 Å². The zero-order valence-electron chi connectivity index (χ0n) is 9.69. The fraction of sp³-hybridized carbons (Fsp3) is 0.182. The van der Waals surface area contributed by atoms with Crippen molar-refractivity contribution in [3.05, 3.63) is 47.3 Å². The lowest BCUT2D eigenvalue weighted by Crippen LogP contribution is -2.04. The molecule has 2 aromatic heterocycles. The van der Waals surface area contributed by atoms with Gasteiger partial charge in [0.25, 0.3) is 0 Å². The monoisotopic (exact) mass is 247 g/mol. The lowest BCUT2D eigenvalue weighted by molar-refractivity contribution is 0.564. The smallest absolute Gasteiger partial charge is 0.141 e. The standard InChI is InChI=1S/C11H13N5S/c1-15(2)6-5-10(11-4-3-7-17-11)14-16-8-12-13-9-16/h3-9H,1-2H3/b6-5+,14-10+. The van der Waals surface area contributed by atoms with Crippen molar-refractivity contribution in [1.29, 1.82) is 0 Å². The van der Waals surface area contributed by atoms with Gasteiger partial charge in [-0.2, -0.15) is 5.10 Å². The minimum atomic E-state index is 0.883. The summed E-state index contributed by atoms with van der Waals surface area (Å²) in [5, 5.41) is 13.9. The summed E-state index contributed by atoms with van der Waals surface area (Å²) in [7, 11) is 3.95. The van der Waals surface area contributed by atoms with Gasteiger partial charge in [-0.15, -0.1) is 21.5 Å². The van der Waals surface area contributed by atoms with Crippen LogP contribution in [0, 0.1) is 0 Å². The fourth-order valence-corrected chi connectivity index (χ4v) is 1.87. The van der Waals surface area contributed by atoms with Crippen LogP contribution in [0.25, 0.3) is 0 Å². The molecule has 0 radical (unpaired) electrons. The van der Waals surface area contributed by atoms with Gasteiger partial charge in [-0.25, -0.2) is 4.68 Å². The van der Waals surface area contributed by atoms with E-state index in [4.69, 9.17) is 0 Å². The topological polar surface area (TPSA) is 46.3 Å². The van der Waals surface area contributed by atoms with Crippen molar-refractivity contribution < 1.29 is 0 Å². The molecule has 0 amide bonds.